The number of urea groups is 1. The normalized spacial score (nSPS) is 11.0. The number of tetrazole rings is 1. The topological polar surface area (TPSA) is 149 Å². The van der Waals surface area contributed by atoms with Gasteiger partial charge < -0.3 is 15.5 Å². The monoisotopic (exact) mass is 703 g/mol. The lowest BCUT2D eigenvalue weighted by molar-refractivity contribution is -0.123. The first kappa shape index (κ1) is 33.7. The van der Waals surface area contributed by atoms with Gasteiger partial charge in [-0.05, 0) is 84.0 Å². The van der Waals surface area contributed by atoms with Gasteiger partial charge in [-0.3, -0.25) is 15.0 Å². The van der Waals surface area contributed by atoms with E-state index < -0.39 is 23.4 Å². The molecule has 50 heavy (non-hydrogen) atoms. The number of aromatic amines is 1. The highest BCUT2D eigenvalue weighted by atomic mass is 35.5. The highest BCUT2D eigenvalue weighted by Gasteiger charge is 2.44. The number of hydrogen-bond donors (Lipinski definition) is 5. The standard InChI is InChI=1S/C36H30ClN9O3S/c1-45(30-16-8-14-28(22-30)38-34(49)39-29-15-9-17-31(23-29)46-35(50)41-43-44-46)33(48)36(25-10-4-2-5-11-25,26-12-6-3-7-13-26)42-40-32(47)24-18-20-27(37)21-19-24/h2-23,42H,1H3,(H,40,47)(H2,38,39,49)(H,41,44,50). The van der Waals surface area contributed by atoms with Crippen molar-refractivity contribution < 1.29 is 14.4 Å². The average Bonchev–Trinajstić information content (AvgIpc) is 3.58. The summed E-state index contributed by atoms with van der Waals surface area (Å²) in [5, 5.41) is 16.3. The van der Waals surface area contributed by atoms with Gasteiger partial charge in [-0.25, -0.2) is 14.9 Å². The maximum atomic E-state index is 14.9. The summed E-state index contributed by atoms with van der Waals surface area (Å²) in [6.45, 7) is 0. The molecule has 1 aromatic heterocycles. The van der Waals surface area contributed by atoms with E-state index in [0.717, 1.165) is 0 Å². The van der Waals surface area contributed by atoms with Crippen molar-refractivity contribution in [2.24, 2.45) is 0 Å². The van der Waals surface area contributed by atoms with Crippen molar-refractivity contribution in [3.05, 3.63) is 160 Å². The van der Waals surface area contributed by atoms with Gasteiger partial charge in [0.1, 0.15) is 0 Å². The zero-order valence-electron chi connectivity index (χ0n) is 26.5. The van der Waals surface area contributed by atoms with Crippen LogP contribution in [-0.4, -0.2) is 45.1 Å². The quantitative estimate of drug-likeness (QED) is 0.0812. The third kappa shape index (κ3) is 7.29. The van der Waals surface area contributed by atoms with Crippen LogP contribution in [0.1, 0.15) is 21.5 Å². The maximum Gasteiger partial charge on any atom is 0.323 e. The van der Waals surface area contributed by atoms with E-state index in [1.165, 1.54) is 9.58 Å². The molecule has 0 aliphatic rings. The number of rotatable bonds is 10. The van der Waals surface area contributed by atoms with Gasteiger partial charge in [-0.15, -0.1) is 0 Å². The van der Waals surface area contributed by atoms with Crippen LogP contribution in [0, 0.1) is 4.77 Å². The summed E-state index contributed by atoms with van der Waals surface area (Å²) in [7, 11) is 1.63. The molecular formula is C36H30ClN9O3S. The molecule has 6 aromatic rings. The van der Waals surface area contributed by atoms with Crippen LogP contribution in [0.2, 0.25) is 5.02 Å². The lowest BCUT2D eigenvalue weighted by Crippen LogP contribution is -2.61. The first-order valence-corrected chi connectivity index (χ1v) is 16.0. The van der Waals surface area contributed by atoms with Gasteiger partial charge in [0.25, 0.3) is 11.8 Å². The van der Waals surface area contributed by atoms with Crippen LogP contribution in [0.25, 0.3) is 5.69 Å². The molecule has 12 nitrogen and oxygen atoms in total. The minimum atomic E-state index is -1.57. The Bertz CT molecular complexity index is 2150. The molecule has 0 atom stereocenters. The highest BCUT2D eigenvalue weighted by Crippen LogP contribution is 2.33. The maximum absolute atomic E-state index is 14.9. The molecule has 0 radical (unpaired) electrons. The Hall–Kier alpha value is -6.15. The van der Waals surface area contributed by atoms with Crippen molar-refractivity contribution in [3.8, 4) is 5.69 Å². The van der Waals surface area contributed by atoms with Gasteiger partial charge in [0.2, 0.25) is 4.77 Å². The number of aromatic nitrogens is 4. The Morgan fingerprint density at radius 2 is 1.38 bits per heavy atom. The average molecular weight is 704 g/mol. The third-order valence-electron chi connectivity index (χ3n) is 7.83. The lowest BCUT2D eigenvalue weighted by Gasteiger charge is -2.37. The first-order valence-electron chi connectivity index (χ1n) is 15.3. The van der Waals surface area contributed by atoms with Crippen molar-refractivity contribution in [3.63, 3.8) is 0 Å². The summed E-state index contributed by atoms with van der Waals surface area (Å²) in [5.41, 5.74) is 7.87. The summed E-state index contributed by atoms with van der Waals surface area (Å²) in [5.74, 6) is -0.864. The summed E-state index contributed by atoms with van der Waals surface area (Å²) in [4.78, 5) is 42.7. The molecule has 0 spiro atoms. The van der Waals surface area contributed by atoms with Gasteiger partial charge in [0.15, 0.2) is 5.54 Å². The molecule has 0 saturated heterocycles. The Morgan fingerprint density at radius 1 is 0.780 bits per heavy atom. The first-order chi connectivity index (χ1) is 24.2. The zero-order chi connectivity index (χ0) is 35.1. The minimum absolute atomic E-state index is 0.241. The largest absolute Gasteiger partial charge is 0.323 e. The molecule has 1 heterocycles. The number of anilines is 3. The van der Waals surface area contributed by atoms with Crippen molar-refractivity contribution in [2.75, 3.05) is 22.6 Å². The molecule has 0 saturated carbocycles. The molecule has 0 aliphatic heterocycles. The molecule has 0 aliphatic carbocycles. The number of hydrogen-bond acceptors (Lipinski definition) is 7. The van der Waals surface area contributed by atoms with Crippen LogP contribution in [0.5, 0.6) is 0 Å². The molecule has 0 fully saturated rings. The van der Waals surface area contributed by atoms with E-state index in [-0.39, 0.29) is 4.77 Å². The summed E-state index contributed by atoms with van der Waals surface area (Å²) in [6, 6.07) is 38.0. The van der Waals surface area contributed by atoms with Crippen molar-refractivity contribution >= 4 is 58.7 Å². The lowest BCUT2D eigenvalue weighted by atomic mass is 9.82. The highest BCUT2D eigenvalue weighted by molar-refractivity contribution is 7.71. The number of amides is 4. The Balaban J connectivity index is 1.27. The number of H-pyrrole nitrogens is 1. The second-order valence-electron chi connectivity index (χ2n) is 11.0. The second kappa shape index (κ2) is 15.0. The number of carbonyl (C=O) groups excluding carboxylic acids is 3. The van der Waals surface area contributed by atoms with E-state index in [0.29, 0.717) is 44.5 Å². The SMILES string of the molecule is CN(C(=O)C(NNC(=O)c1ccc(Cl)cc1)(c1ccccc1)c1ccccc1)c1cccc(NC(=O)Nc2cccc(-n3[nH]nnc3=S)c2)c1. The second-order valence-corrected chi connectivity index (χ2v) is 11.8. The predicted octanol–water partition coefficient (Wildman–Crippen LogP) is 6.46. The van der Waals surface area contributed by atoms with Crippen molar-refractivity contribution in [2.45, 2.75) is 5.54 Å². The Kier molecular flexibility index (Phi) is 10.1. The Labute approximate surface area is 297 Å². The van der Waals surface area contributed by atoms with E-state index in [9.17, 15) is 14.4 Å². The number of carbonyl (C=O) groups is 3. The smallest absolute Gasteiger partial charge is 0.313 e. The van der Waals surface area contributed by atoms with Gasteiger partial charge in [-0.1, -0.05) is 94.7 Å². The number of nitrogens with zero attached hydrogens (tertiary/aromatic N) is 4. The van der Waals surface area contributed by atoms with E-state index >= 15 is 0 Å². The van der Waals surface area contributed by atoms with E-state index in [4.69, 9.17) is 23.8 Å². The van der Waals surface area contributed by atoms with Crippen LogP contribution in [0.4, 0.5) is 21.9 Å². The molecule has 5 aromatic carbocycles. The van der Waals surface area contributed by atoms with E-state index in [1.807, 2.05) is 60.7 Å². The number of likely N-dealkylation sites (N-methyl/N-ethyl adjacent to an activating group) is 1. The minimum Gasteiger partial charge on any atom is -0.313 e. The van der Waals surface area contributed by atoms with Gasteiger partial charge in [-0.2, -0.15) is 5.21 Å². The fraction of sp³-hybridized carbons (Fsp3) is 0.0556. The molecule has 0 bridgehead atoms. The molecule has 14 heteroatoms. The van der Waals surface area contributed by atoms with Crippen molar-refractivity contribution in [1.29, 1.82) is 0 Å². The fourth-order valence-corrected chi connectivity index (χ4v) is 5.67. The zero-order valence-corrected chi connectivity index (χ0v) is 28.1. The summed E-state index contributed by atoms with van der Waals surface area (Å²) in [6.07, 6.45) is 0. The molecule has 4 amide bonds. The third-order valence-corrected chi connectivity index (χ3v) is 8.35. The van der Waals surface area contributed by atoms with Crippen LogP contribution in [0.15, 0.2) is 133 Å². The molecule has 250 valence electrons. The van der Waals surface area contributed by atoms with Crippen LogP contribution in [0.3, 0.4) is 0 Å². The van der Waals surface area contributed by atoms with E-state index in [1.54, 1.807) is 79.8 Å². The number of hydrazine groups is 1. The van der Waals surface area contributed by atoms with Crippen molar-refractivity contribution in [1.82, 2.24) is 31.1 Å². The summed E-state index contributed by atoms with van der Waals surface area (Å²) >= 11 is 11.2. The molecule has 6 rings (SSSR count). The van der Waals surface area contributed by atoms with Crippen LogP contribution in [-0.2, 0) is 10.3 Å². The van der Waals surface area contributed by atoms with Gasteiger partial charge >= 0.3 is 6.03 Å². The predicted molar refractivity (Wildman–Crippen MR) is 195 cm³/mol. The Morgan fingerprint density at radius 3 is 1.98 bits per heavy atom. The molecular weight excluding hydrogens is 674 g/mol. The van der Waals surface area contributed by atoms with E-state index in [2.05, 4.69) is 37.0 Å². The number of benzene rings is 5. The van der Waals surface area contributed by atoms with Crippen LogP contribution < -0.4 is 26.4 Å². The summed E-state index contributed by atoms with van der Waals surface area (Å²) < 4.78 is 1.74. The number of halogens is 1. The molecule has 5 N–H and O–H groups in total. The van der Waals surface area contributed by atoms with Gasteiger partial charge in [0, 0.05) is 34.7 Å². The van der Waals surface area contributed by atoms with Crippen LogP contribution >= 0.6 is 23.8 Å². The number of nitrogens with one attached hydrogen (secondary N) is 5. The van der Waals surface area contributed by atoms with Gasteiger partial charge in [0.05, 0.1) is 5.69 Å². The fourth-order valence-electron chi connectivity index (χ4n) is 5.35. The molecule has 0 unspecified atom stereocenters.